The van der Waals surface area contributed by atoms with Crippen LogP contribution in [-0.4, -0.2) is 23.3 Å². The topological polar surface area (TPSA) is 75.6 Å². The molecule has 0 radical (unpaired) electrons. The molecule has 0 aromatic heterocycles. The summed E-state index contributed by atoms with van der Waals surface area (Å²) in [6, 6.07) is 4.69. The number of hydrogen-bond donors (Lipinski definition) is 2. The van der Waals surface area contributed by atoms with Crippen molar-refractivity contribution in [2.75, 3.05) is 0 Å². The van der Waals surface area contributed by atoms with Gasteiger partial charge < -0.3 is 15.2 Å². The third kappa shape index (κ3) is 4.12. The molecular formula is C14H14F3NO4. The number of hydrogen-bond acceptors (Lipinski definition) is 3. The van der Waals surface area contributed by atoms with Crippen molar-refractivity contribution < 1.29 is 32.6 Å². The molecule has 8 heteroatoms. The van der Waals surface area contributed by atoms with E-state index in [2.05, 4.69) is 10.1 Å². The lowest BCUT2D eigenvalue weighted by Gasteiger charge is -2.15. The van der Waals surface area contributed by atoms with Gasteiger partial charge in [-0.1, -0.05) is 12.1 Å². The largest absolute Gasteiger partial charge is 0.573 e. The predicted molar refractivity (Wildman–Crippen MR) is 68.9 cm³/mol. The number of amides is 1. The van der Waals surface area contributed by atoms with Crippen molar-refractivity contribution >= 4 is 11.9 Å². The van der Waals surface area contributed by atoms with Crippen LogP contribution in [0.1, 0.15) is 24.9 Å². The maximum Gasteiger partial charge on any atom is 0.573 e. The highest BCUT2D eigenvalue weighted by atomic mass is 19.4. The Hall–Kier alpha value is -2.25. The molecule has 0 bridgehead atoms. The van der Waals surface area contributed by atoms with Crippen LogP contribution in [-0.2, 0) is 9.59 Å². The van der Waals surface area contributed by atoms with E-state index in [0.717, 1.165) is 12.1 Å². The Morgan fingerprint density at radius 1 is 1.27 bits per heavy atom. The SMILES string of the molecule is C[C@H](NC(=O)[C@@H]1C[C@H]1C(=O)O)c1ccc(OC(F)(F)F)cc1. The summed E-state index contributed by atoms with van der Waals surface area (Å²) < 4.78 is 39.9. The fraction of sp³-hybridized carbons (Fsp3) is 0.429. The summed E-state index contributed by atoms with van der Waals surface area (Å²) in [7, 11) is 0. The van der Waals surface area contributed by atoms with Crippen molar-refractivity contribution in [2.45, 2.75) is 25.7 Å². The first-order valence-electron chi connectivity index (χ1n) is 6.56. The minimum absolute atomic E-state index is 0.312. The van der Waals surface area contributed by atoms with Gasteiger partial charge in [-0.05, 0) is 31.0 Å². The Bertz CT molecular complexity index is 570. The van der Waals surface area contributed by atoms with Gasteiger partial charge in [0.15, 0.2) is 0 Å². The summed E-state index contributed by atoms with van der Waals surface area (Å²) in [6.45, 7) is 1.66. The van der Waals surface area contributed by atoms with Crippen LogP contribution in [0.5, 0.6) is 5.75 Å². The molecule has 1 amide bonds. The third-order valence-electron chi connectivity index (χ3n) is 3.42. The Balaban J connectivity index is 1.91. The molecule has 1 aromatic carbocycles. The molecule has 1 saturated carbocycles. The molecular weight excluding hydrogens is 303 g/mol. The van der Waals surface area contributed by atoms with Crippen molar-refractivity contribution in [1.82, 2.24) is 5.32 Å². The predicted octanol–water partition coefficient (Wildman–Crippen LogP) is 2.48. The maximum atomic E-state index is 12.0. The molecule has 0 spiro atoms. The molecule has 1 aliphatic carbocycles. The van der Waals surface area contributed by atoms with Gasteiger partial charge in [-0.25, -0.2) is 0 Å². The van der Waals surface area contributed by atoms with Gasteiger partial charge in [0.05, 0.1) is 17.9 Å². The van der Waals surface area contributed by atoms with Crippen molar-refractivity contribution in [3.63, 3.8) is 0 Å². The molecule has 1 aliphatic rings. The highest BCUT2D eigenvalue weighted by Crippen LogP contribution is 2.39. The number of nitrogens with one attached hydrogen (secondary N) is 1. The second-order valence-corrected chi connectivity index (χ2v) is 5.13. The minimum atomic E-state index is -4.75. The first-order chi connectivity index (χ1) is 10.2. The molecule has 0 saturated heterocycles. The number of benzene rings is 1. The van der Waals surface area contributed by atoms with E-state index in [1.54, 1.807) is 6.92 Å². The zero-order valence-electron chi connectivity index (χ0n) is 11.6. The molecule has 1 aromatic rings. The molecule has 3 atom stereocenters. The minimum Gasteiger partial charge on any atom is -0.481 e. The number of carboxylic acid groups (broad SMARTS) is 1. The standard InChI is InChI=1S/C14H14F3NO4/c1-7(18-12(19)10-6-11(10)13(20)21)8-2-4-9(5-3-8)22-14(15,16)17/h2-5,7,10-11H,6H2,1H3,(H,18,19)(H,20,21)/t7-,10+,11+/m0/s1. The van der Waals surface area contributed by atoms with E-state index in [0.29, 0.717) is 12.0 Å². The molecule has 22 heavy (non-hydrogen) atoms. The van der Waals surface area contributed by atoms with E-state index in [1.165, 1.54) is 12.1 Å². The lowest BCUT2D eigenvalue weighted by Crippen LogP contribution is -2.29. The lowest BCUT2D eigenvalue weighted by molar-refractivity contribution is -0.274. The number of rotatable bonds is 5. The van der Waals surface area contributed by atoms with Crippen molar-refractivity contribution in [2.24, 2.45) is 11.8 Å². The van der Waals surface area contributed by atoms with Crippen LogP contribution in [0.2, 0.25) is 0 Å². The quantitative estimate of drug-likeness (QED) is 0.875. The first kappa shape index (κ1) is 16.1. The number of carbonyl (C=O) groups excluding carboxylic acids is 1. The van der Waals surface area contributed by atoms with E-state index in [4.69, 9.17) is 5.11 Å². The number of aliphatic carboxylic acids is 1. The van der Waals surface area contributed by atoms with Crippen molar-refractivity contribution in [1.29, 1.82) is 0 Å². The highest BCUT2D eigenvalue weighted by Gasteiger charge is 2.48. The van der Waals surface area contributed by atoms with Crippen LogP contribution in [0.4, 0.5) is 13.2 Å². The number of halogens is 3. The van der Waals surface area contributed by atoms with Crippen LogP contribution >= 0.6 is 0 Å². The summed E-state index contributed by atoms with van der Waals surface area (Å²) in [5, 5.41) is 11.4. The highest BCUT2D eigenvalue weighted by molar-refractivity contribution is 5.89. The Labute approximate surface area is 124 Å². The maximum absolute atomic E-state index is 12.0. The van der Waals surface area contributed by atoms with Gasteiger partial charge in [-0.15, -0.1) is 13.2 Å². The van der Waals surface area contributed by atoms with Gasteiger partial charge in [-0.2, -0.15) is 0 Å². The lowest BCUT2D eigenvalue weighted by atomic mass is 10.1. The second-order valence-electron chi connectivity index (χ2n) is 5.13. The first-order valence-corrected chi connectivity index (χ1v) is 6.56. The zero-order chi connectivity index (χ0) is 16.5. The second kappa shape index (κ2) is 5.86. The number of alkyl halides is 3. The summed E-state index contributed by atoms with van der Waals surface area (Å²) >= 11 is 0. The summed E-state index contributed by atoms with van der Waals surface area (Å²) in [5.41, 5.74) is 0.593. The molecule has 0 unspecified atom stereocenters. The van der Waals surface area contributed by atoms with Gasteiger partial charge >= 0.3 is 12.3 Å². The van der Waals surface area contributed by atoms with Crippen LogP contribution < -0.4 is 10.1 Å². The Kier molecular flexibility index (Phi) is 4.30. The molecule has 5 nitrogen and oxygen atoms in total. The molecule has 2 rings (SSSR count). The number of carboxylic acids is 1. The fourth-order valence-corrected chi connectivity index (χ4v) is 2.12. The summed E-state index contributed by atoms with van der Waals surface area (Å²) in [5.74, 6) is -2.89. The average molecular weight is 317 g/mol. The molecule has 1 fully saturated rings. The van der Waals surface area contributed by atoms with Gasteiger partial charge in [0.1, 0.15) is 5.75 Å². The smallest absolute Gasteiger partial charge is 0.481 e. The van der Waals surface area contributed by atoms with Gasteiger partial charge in [0, 0.05) is 0 Å². The monoisotopic (exact) mass is 317 g/mol. The molecule has 120 valence electrons. The Morgan fingerprint density at radius 2 is 1.86 bits per heavy atom. The van der Waals surface area contributed by atoms with Crippen molar-refractivity contribution in [3.8, 4) is 5.75 Å². The van der Waals surface area contributed by atoms with Crippen molar-refractivity contribution in [3.05, 3.63) is 29.8 Å². The van der Waals surface area contributed by atoms with E-state index in [1.807, 2.05) is 0 Å². The van der Waals surface area contributed by atoms with Crippen LogP contribution in [0.3, 0.4) is 0 Å². The number of carbonyl (C=O) groups is 2. The third-order valence-corrected chi connectivity index (χ3v) is 3.42. The zero-order valence-corrected chi connectivity index (χ0v) is 11.6. The summed E-state index contributed by atoms with van der Waals surface area (Å²) in [4.78, 5) is 22.5. The summed E-state index contributed by atoms with van der Waals surface area (Å²) in [6.07, 6.45) is -4.44. The fourth-order valence-electron chi connectivity index (χ4n) is 2.12. The van der Waals surface area contributed by atoms with E-state index >= 15 is 0 Å². The normalized spacial score (nSPS) is 21.8. The van der Waals surface area contributed by atoms with Crippen LogP contribution in [0.25, 0.3) is 0 Å². The van der Waals surface area contributed by atoms with Gasteiger partial charge in [0.25, 0.3) is 0 Å². The number of ether oxygens (including phenoxy) is 1. The Morgan fingerprint density at radius 3 is 2.32 bits per heavy atom. The molecule has 2 N–H and O–H groups in total. The van der Waals surface area contributed by atoms with E-state index in [-0.39, 0.29) is 11.7 Å². The van der Waals surface area contributed by atoms with Crippen LogP contribution in [0, 0.1) is 11.8 Å². The van der Waals surface area contributed by atoms with Gasteiger partial charge in [-0.3, -0.25) is 9.59 Å². The average Bonchev–Trinajstić information content (AvgIpc) is 3.17. The molecule has 0 heterocycles. The molecule has 0 aliphatic heterocycles. The van der Waals surface area contributed by atoms with E-state index < -0.39 is 30.2 Å². The van der Waals surface area contributed by atoms with Crippen LogP contribution in [0.15, 0.2) is 24.3 Å². The van der Waals surface area contributed by atoms with E-state index in [9.17, 15) is 22.8 Å². The van der Waals surface area contributed by atoms with Gasteiger partial charge in [0.2, 0.25) is 5.91 Å².